The molecule has 1 saturated heterocycles. The lowest BCUT2D eigenvalue weighted by Crippen LogP contribution is -2.40. The summed E-state index contributed by atoms with van der Waals surface area (Å²) in [6.07, 6.45) is 0.463. The van der Waals surface area contributed by atoms with Gasteiger partial charge in [-0.2, -0.15) is 4.31 Å². The van der Waals surface area contributed by atoms with Gasteiger partial charge in [0.25, 0.3) is 0 Å². The highest BCUT2D eigenvalue weighted by Gasteiger charge is 2.28. The highest BCUT2D eigenvalue weighted by atomic mass is 32.2. The number of aliphatic hydroxyl groups is 1. The van der Waals surface area contributed by atoms with Gasteiger partial charge in [0.2, 0.25) is 10.0 Å². The third kappa shape index (κ3) is 2.55. The zero-order chi connectivity index (χ0) is 13.3. The van der Waals surface area contributed by atoms with Crippen LogP contribution >= 0.6 is 0 Å². The molecule has 0 aromatic heterocycles. The molecule has 1 aromatic rings. The first-order valence-corrected chi connectivity index (χ1v) is 7.29. The lowest BCUT2D eigenvalue weighted by molar-refractivity contribution is 0.113. The second kappa shape index (κ2) is 4.95. The molecular weight excluding hydrogens is 257 g/mol. The fourth-order valence-corrected chi connectivity index (χ4v) is 3.56. The van der Waals surface area contributed by atoms with E-state index in [1.54, 1.807) is 0 Å². The Hall–Kier alpha value is -0.980. The monoisotopic (exact) mass is 273 g/mol. The van der Waals surface area contributed by atoms with Gasteiger partial charge in [-0.25, -0.2) is 12.8 Å². The second-order valence-corrected chi connectivity index (χ2v) is 6.48. The fraction of sp³-hybridized carbons (Fsp3) is 0.500. The molecule has 0 bridgehead atoms. The topological polar surface area (TPSA) is 57.6 Å². The molecule has 4 nitrogen and oxygen atoms in total. The summed E-state index contributed by atoms with van der Waals surface area (Å²) >= 11 is 0. The molecule has 1 N–H and O–H groups in total. The average Bonchev–Trinajstić information content (AvgIpc) is 2.33. The molecule has 0 spiro atoms. The Kier molecular flexibility index (Phi) is 3.70. The average molecular weight is 273 g/mol. The second-order valence-electron chi connectivity index (χ2n) is 4.55. The molecule has 6 heteroatoms. The van der Waals surface area contributed by atoms with Crippen molar-refractivity contribution in [3.63, 3.8) is 0 Å². The Morgan fingerprint density at radius 1 is 1.33 bits per heavy atom. The molecule has 1 aliphatic heterocycles. The van der Waals surface area contributed by atoms with Crippen LogP contribution in [-0.2, 0) is 10.0 Å². The highest BCUT2D eigenvalue weighted by molar-refractivity contribution is 7.89. The van der Waals surface area contributed by atoms with Crippen molar-refractivity contribution < 1.29 is 17.9 Å². The lowest BCUT2D eigenvalue weighted by Gasteiger charge is -2.28. The largest absolute Gasteiger partial charge is 0.393 e. The minimum Gasteiger partial charge on any atom is -0.393 e. The van der Waals surface area contributed by atoms with Crippen molar-refractivity contribution in [3.8, 4) is 0 Å². The van der Waals surface area contributed by atoms with E-state index in [-0.39, 0.29) is 4.90 Å². The molecule has 0 unspecified atom stereocenters. The van der Waals surface area contributed by atoms with E-state index in [0.29, 0.717) is 31.5 Å². The Morgan fingerprint density at radius 3 is 2.50 bits per heavy atom. The van der Waals surface area contributed by atoms with Gasteiger partial charge in [0.05, 0.1) is 11.0 Å². The summed E-state index contributed by atoms with van der Waals surface area (Å²) < 4.78 is 39.0. The van der Waals surface area contributed by atoms with Crippen LogP contribution in [0.5, 0.6) is 0 Å². The summed E-state index contributed by atoms with van der Waals surface area (Å²) in [5.74, 6) is -0.414. The Morgan fingerprint density at radius 2 is 1.94 bits per heavy atom. The van der Waals surface area contributed by atoms with Crippen LogP contribution < -0.4 is 0 Å². The van der Waals surface area contributed by atoms with Crippen molar-refractivity contribution in [1.29, 1.82) is 0 Å². The molecular formula is C12H16FNO3S. The Bertz CT molecular complexity index is 536. The molecule has 100 valence electrons. The summed E-state index contributed by atoms with van der Waals surface area (Å²) in [4.78, 5) is 0.109. The lowest BCUT2D eigenvalue weighted by atomic mass is 10.1. The van der Waals surface area contributed by atoms with Crippen LogP contribution in [0.1, 0.15) is 18.4 Å². The predicted molar refractivity (Wildman–Crippen MR) is 65.1 cm³/mol. The SMILES string of the molecule is Cc1cc(S(=O)(=O)N2CCC(O)CC2)ccc1F. The maximum absolute atomic E-state index is 13.1. The van der Waals surface area contributed by atoms with Crippen LogP contribution in [-0.4, -0.2) is 37.0 Å². The van der Waals surface area contributed by atoms with E-state index in [4.69, 9.17) is 0 Å². The summed E-state index contributed by atoms with van der Waals surface area (Å²) in [5, 5.41) is 9.37. The van der Waals surface area contributed by atoms with Gasteiger partial charge in [0.1, 0.15) is 5.82 Å². The van der Waals surface area contributed by atoms with Gasteiger partial charge in [-0.15, -0.1) is 0 Å². The van der Waals surface area contributed by atoms with Crippen molar-refractivity contribution in [2.24, 2.45) is 0 Å². The molecule has 1 heterocycles. The molecule has 0 aliphatic carbocycles. The number of halogens is 1. The van der Waals surface area contributed by atoms with Crippen molar-refractivity contribution in [1.82, 2.24) is 4.31 Å². The number of sulfonamides is 1. The van der Waals surface area contributed by atoms with E-state index in [1.807, 2.05) is 0 Å². The minimum absolute atomic E-state index is 0.109. The summed E-state index contributed by atoms with van der Waals surface area (Å²) in [6, 6.07) is 3.79. The van der Waals surface area contributed by atoms with Gasteiger partial charge < -0.3 is 5.11 Å². The van der Waals surface area contributed by atoms with Gasteiger partial charge in [-0.1, -0.05) is 0 Å². The van der Waals surface area contributed by atoms with Gasteiger partial charge in [0, 0.05) is 13.1 Å². The third-order valence-corrected chi connectivity index (χ3v) is 5.09. The van der Waals surface area contributed by atoms with Gasteiger partial charge in [-0.05, 0) is 43.5 Å². The number of hydrogen-bond donors (Lipinski definition) is 1. The molecule has 0 atom stereocenters. The minimum atomic E-state index is -3.57. The van der Waals surface area contributed by atoms with Crippen molar-refractivity contribution >= 4 is 10.0 Å². The van der Waals surface area contributed by atoms with Crippen LogP contribution in [0.3, 0.4) is 0 Å². The van der Waals surface area contributed by atoms with Crippen LogP contribution in [0.4, 0.5) is 4.39 Å². The maximum atomic E-state index is 13.1. The molecule has 1 fully saturated rings. The number of piperidine rings is 1. The van der Waals surface area contributed by atoms with Crippen molar-refractivity contribution in [3.05, 3.63) is 29.6 Å². The Labute approximate surface area is 106 Å². The summed E-state index contributed by atoms with van der Waals surface area (Å²) in [6.45, 7) is 2.15. The zero-order valence-electron chi connectivity index (χ0n) is 10.1. The fourth-order valence-electron chi connectivity index (χ4n) is 2.01. The quantitative estimate of drug-likeness (QED) is 0.883. The number of nitrogens with zero attached hydrogens (tertiary/aromatic N) is 1. The summed E-state index contributed by atoms with van der Waals surface area (Å²) in [5.41, 5.74) is 0.313. The van der Waals surface area contributed by atoms with Crippen LogP contribution in [0.25, 0.3) is 0 Å². The predicted octanol–water partition coefficient (Wildman–Crippen LogP) is 1.28. The summed E-state index contributed by atoms with van der Waals surface area (Å²) in [7, 11) is -3.57. The molecule has 0 saturated carbocycles. The first kappa shape index (κ1) is 13.5. The molecule has 18 heavy (non-hydrogen) atoms. The molecule has 0 amide bonds. The third-order valence-electron chi connectivity index (χ3n) is 3.19. The van der Waals surface area contributed by atoms with E-state index < -0.39 is 21.9 Å². The van der Waals surface area contributed by atoms with E-state index in [9.17, 15) is 17.9 Å². The number of aryl methyl sites for hydroxylation is 1. The highest BCUT2D eigenvalue weighted by Crippen LogP contribution is 2.22. The van der Waals surface area contributed by atoms with E-state index in [1.165, 1.54) is 29.4 Å². The Balaban J connectivity index is 2.27. The van der Waals surface area contributed by atoms with Gasteiger partial charge in [-0.3, -0.25) is 0 Å². The first-order valence-electron chi connectivity index (χ1n) is 5.85. The van der Waals surface area contributed by atoms with Crippen LogP contribution in [0, 0.1) is 12.7 Å². The molecule has 2 rings (SSSR count). The number of hydrogen-bond acceptors (Lipinski definition) is 3. The van der Waals surface area contributed by atoms with Gasteiger partial charge >= 0.3 is 0 Å². The normalized spacial score (nSPS) is 19.1. The van der Waals surface area contributed by atoms with Crippen molar-refractivity contribution in [2.45, 2.75) is 30.8 Å². The number of rotatable bonds is 2. The first-order chi connectivity index (χ1) is 8.41. The van der Waals surface area contributed by atoms with E-state index in [2.05, 4.69) is 0 Å². The van der Waals surface area contributed by atoms with E-state index >= 15 is 0 Å². The molecule has 1 aromatic carbocycles. The van der Waals surface area contributed by atoms with Crippen LogP contribution in [0.2, 0.25) is 0 Å². The number of benzene rings is 1. The number of aliphatic hydroxyl groups excluding tert-OH is 1. The van der Waals surface area contributed by atoms with Gasteiger partial charge in [0.15, 0.2) is 0 Å². The molecule has 0 radical (unpaired) electrons. The van der Waals surface area contributed by atoms with E-state index in [0.717, 1.165) is 0 Å². The smallest absolute Gasteiger partial charge is 0.243 e. The standard InChI is InChI=1S/C12H16FNO3S/c1-9-8-11(2-3-12(9)13)18(16,17)14-6-4-10(15)5-7-14/h2-3,8,10,15H,4-7H2,1H3. The molecule has 1 aliphatic rings. The van der Waals surface area contributed by atoms with Crippen LogP contribution in [0.15, 0.2) is 23.1 Å². The maximum Gasteiger partial charge on any atom is 0.243 e. The zero-order valence-corrected chi connectivity index (χ0v) is 11.0. The van der Waals surface area contributed by atoms with Crippen molar-refractivity contribution in [2.75, 3.05) is 13.1 Å².